The van der Waals surface area contributed by atoms with E-state index in [1.54, 1.807) is 12.1 Å². The van der Waals surface area contributed by atoms with E-state index in [1.807, 2.05) is 6.07 Å². The number of aromatic nitrogens is 1. The molecule has 1 saturated carbocycles. The van der Waals surface area contributed by atoms with E-state index in [0.717, 1.165) is 23.9 Å². The van der Waals surface area contributed by atoms with Crippen LogP contribution in [0.25, 0.3) is 10.9 Å². The highest BCUT2D eigenvalue weighted by atomic mass is 19.1. The molecule has 0 aliphatic heterocycles. The third-order valence-corrected chi connectivity index (χ3v) is 5.23. The van der Waals surface area contributed by atoms with Gasteiger partial charge in [0.25, 0.3) is 0 Å². The van der Waals surface area contributed by atoms with Crippen molar-refractivity contribution in [2.75, 3.05) is 5.32 Å². The van der Waals surface area contributed by atoms with Crippen LogP contribution in [0.3, 0.4) is 0 Å². The van der Waals surface area contributed by atoms with Crippen LogP contribution in [-0.2, 0) is 16.6 Å². The maximum absolute atomic E-state index is 14.4. The molecule has 0 spiro atoms. The first-order valence-corrected chi connectivity index (χ1v) is 9.08. The summed E-state index contributed by atoms with van der Waals surface area (Å²) in [6, 6.07) is 9.40. The predicted octanol–water partition coefficient (Wildman–Crippen LogP) is 4.34. The van der Waals surface area contributed by atoms with Crippen molar-refractivity contribution in [3.05, 3.63) is 53.5 Å². The predicted molar refractivity (Wildman–Crippen MR) is 102 cm³/mol. The van der Waals surface area contributed by atoms with Crippen LogP contribution in [0.1, 0.15) is 37.4 Å². The Balaban J connectivity index is 1.61. The Hall–Kier alpha value is -3.02. The molecule has 0 unspecified atom stereocenters. The summed E-state index contributed by atoms with van der Waals surface area (Å²) in [5.74, 6) is -1.12. The van der Waals surface area contributed by atoms with Gasteiger partial charge in [-0.15, -0.1) is 0 Å². The van der Waals surface area contributed by atoms with Gasteiger partial charge in [-0.25, -0.2) is 4.39 Å². The average molecular weight is 368 g/mol. The van der Waals surface area contributed by atoms with Crippen LogP contribution in [0.5, 0.6) is 11.5 Å². The van der Waals surface area contributed by atoms with Crippen LogP contribution in [0, 0.1) is 5.82 Å². The number of hydrogen-bond donors (Lipinski definition) is 4. The van der Waals surface area contributed by atoms with Crippen molar-refractivity contribution in [1.29, 1.82) is 0 Å². The van der Waals surface area contributed by atoms with Crippen molar-refractivity contribution >= 4 is 22.5 Å². The van der Waals surface area contributed by atoms with Gasteiger partial charge in [0.2, 0.25) is 5.91 Å². The number of carbonyl (C=O) groups is 1. The van der Waals surface area contributed by atoms with Gasteiger partial charge in [-0.3, -0.25) is 4.79 Å². The molecule has 1 aliphatic rings. The Morgan fingerprint density at radius 3 is 2.63 bits per heavy atom. The Bertz CT molecular complexity index is 1040. The third-order valence-electron chi connectivity index (χ3n) is 5.23. The van der Waals surface area contributed by atoms with Gasteiger partial charge in [-0.1, -0.05) is 19.4 Å². The zero-order valence-electron chi connectivity index (χ0n) is 15.0. The van der Waals surface area contributed by atoms with Crippen LogP contribution >= 0.6 is 0 Å². The first kappa shape index (κ1) is 17.4. The normalized spacial score (nSPS) is 15.0. The molecule has 1 amide bonds. The third kappa shape index (κ3) is 3.01. The Morgan fingerprint density at radius 1 is 1.19 bits per heavy atom. The SMILES string of the molecule is CCCc1cc2cc(NC(=O)C3(c4ccc(O)c(O)c4)CC3)cc(F)c2[nH]1. The number of halogens is 1. The molecule has 3 aromatic rings. The van der Waals surface area contributed by atoms with Gasteiger partial charge in [0, 0.05) is 16.8 Å². The number of benzene rings is 2. The van der Waals surface area contributed by atoms with Crippen LogP contribution < -0.4 is 5.32 Å². The molecule has 27 heavy (non-hydrogen) atoms. The standard InChI is InChI=1S/C21H21FN2O3/c1-2-3-14-8-12-9-15(11-16(22)19(12)23-14)24-20(27)21(6-7-21)13-4-5-17(25)18(26)10-13/h4-5,8-11,23,25-26H,2-3,6-7H2,1H3,(H,24,27). The van der Waals surface area contributed by atoms with Crippen molar-refractivity contribution in [1.82, 2.24) is 4.98 Å². The molecule has 1 aromatic heterocycles. The van der Waals surface area contributed by atoms with Crippen LogP contribution in [0.2, 0.25) is 0 Å². The Kier molecular flexibility index (Phi) is 4.06. The lowest BCUT2D eigenvalue weighted by Crippen LogP contribution is -2.27. The molecule has 4 rings (SSSR count). The zero-order chi connectivity index (χ0) is 19.2. The lowest BCUT2D eigenvalue weighted by atomic mass is 9.94. The van der Waals surface area contributed by atoms with Crippen molar-refractivity contribution in [2.24, 2.45) is 0 Å². The number of nitrogens with one attached hydrogen (secondary N) is 2. The number of aromatic amines is 1. The van der Waals surface area contributed by atoms with E-state index in [4.69, 9.17) is 0 Å². The van der Waals surface area contributed by atoms with Crippen molar-refractivity contribution in [3.8, 4) is 11.5 Å². The minimum atomic E-state index is -0.748. The first-order valence-electron chi connectivity index (χ1n) is 9.08. The average Bonchev–Trinajstić information content (AvgIpc) is 3.33. The fourth-order valence-electron chi connectivity index (χ4n) is 3.58. The van der Waals surface area contributed by atoms with Gasteiger partial charge in [-0.05, 0) is 55.2 Å². The summed E-state index contributed by atoms with van der Waals surface area (Å²) in [5.41, 5.74) is 1.71. The van der Waals surface area contributed by atoms with Crippen molar-refractivity contribution in [3.63, 3.8) is 0 Å². The van der Waals surface area contributed by atoms with Gasteiger partial charge in [0.05, 0.1) is 10.9 Å². The molecule has 0 bridgehead atoms. The maximum atomic E-state index is 14.4. The fraction of sp³-hybridized carbons (Fsp3) is 0.286. The number of aromatic hydroxyl groups is 2. The van der Waals surface area contributed by atoms with E-state index >= 15 is 0 Å². The second kappa shape index (κ2) is 6.30. The summed E-state index contributed by atoms with van der Waals surface area (Å²) < 4.78 is 14.4. The molecule has 140 valence electrons. The van der Waals surface area contributed by atoms with Crippen LogP contribution in [-0.4, -0.2) is 21.1 Å². The number of anilines is 1. The van der Waals surface area contributed by atoms with Crippen LogP contribution in [0.4, 0.5) is 10.1 Å². The van der Waals surface area contributed by atoms with Gasteiger partial charge in [0.1, 0.15) is 5.82 Å². The number of hydrogen-bond acceptors (Lipinski definition) is 3. The van der Waals surface area contributed by atoms with Gasteiger partial charge >= 0.3 is 0 Å². The zero-order valence-corrected chi connectivity index (χ0v) is 15.0. The van der Waals surface area contributed by atoms with E-state index in [0.29, 0.717) is 29.6 Å². The summed E-state index contributed by atoms with van der Waals surface area (Å²) in [5, 5.41) is 22.7. The van der Waals surface area contributed by atoms with E-state index in [9.17, 15) is 19.4 Å². The van der Waals surface area contributed by atoms with Gasteiger partial charge in [0.15, 0.2) is 11.5 Å². The lowest BCUT2D eigenvalue weighted by molar-refractivity contribution is -0.118. The van der Waals surface area contributed by atoms with Gasteiger partial charge < -0.3 is 20.5 Å². The molecule has 0 saturated heterocycles. The highest BCUT2D eigenvalue weighted by Crippen LogP contribution is 2.50. The Morgan fingerprint density at radius 2 is 1.96 bits per heavy atom. The fourth-order valence-corrected chi connectivity index (χ4v) is 3.58. The summed E-state index contributed by atoms with van der Waals surface area (Å²) in [4.78, 5) is 15.9. The number of aryl methyl sites for hydroxylation is 1. The van der Waals surface area contributed by atoms with Gasteiger partial charge in [-0.2, -0.15) is 0 Å². The number of carbonyl (C=O) groups excluding carboxylic acids is 1. The highest BCUT2D eigenvalue weighted by molar-refractivity contribution is 6.02. The number of rotatable bonds is 5. The summed E-state index contributed by atoms with van der Waals surface area (Å²) in [7, 11) is 0. The molecular formula is C21H21FN2O3. The molecular weight excluding hydrogens is 347 g/mol. The van der Waals surface area contributed by atoms with Crippen molar-refractivity contribution < 1.29 is 19.4 Å². The molecule has 6 heteroatoms. The molecule has 5 nitrogen and oxygen atoms in total. The minimum absolute atomic E-state index is 0.224. The number of H-pyrrole nitrogens is 1. The van der Waals surface area contributed by atoms with Crippen LogP contribution in [0.15, 0.2) is 36.4 Å². The maximum Gasteiger partial charge on any atom is 0.235 e. The second-order valence-corrected chi connectivity index (χ2v) is 7.21. The highest BCUT2D eigenvalue weighted by Gasteiger charge is 2.51. The topological polar surface area (TPSA) is 85.3 Å². The number of phenolic OH excluding ortho intramolecular Hbond substituents is 2. The molecule has 1 heterocycles. The Labute approximate surface area is 155 Å². The van der Waals surface area contributed by atoms with E-state index in [2.05, 4.69) is 17.2 Å². The summed E-state index contributed by atoms with van der Waals surface area (Å²) >= 11 is 0. The van der Waals surface area contributed by atoms with Crippen molar-refractivity contribution in [2.45, 2.75) is 38.0 Å². The number of phenols is 2. The van der Waals surface area contributed by atoms with E-state index in [1.165, 1.54) is 18.2 Å². The quantitative estimate of drug-likeness (QED) is 0.505. The number of fused-ring (bicyclic) bond motifs is 1. The smallest absolute Gasteiger partial charge is 0.235 e. The van der Waals surface area contributed by atoms with E-state index in [-0.39, 0.29) is 17.4 Å². The molecule has 0 atom stereocenters. The minimum Gasteiger partial charge on any atom is -0.504 e. The first-order chi connectivity index (χ1) is 12.9. The monoisotopic (exact) mass is 368 g/mol. The molecule has 0 radical (unpaired) electrons. The molecule has 4 N–H and O–H groups in total. The molecule has 2 aromatic carbocycles. The second-order valence-electron chi connectivity index (χ2n) is 7.21. The van der Waals surface area contributed by atoms with E-state index < -0.39 is 11.2 Å². The molecule has 1 aliphatic carbocycles. The summed E-state index contributed by atoms with van der Waals surface area (Å²) in [6.45, 7) is 2.06. The molecule has 1 fully saturated rings. The number of amides is 1. The summed E-state index contributed by atoms with van der Waals surface area (Å²) in [6.07, 6.45) is 3.07. The lowest BCUT2D eigenvalue weighted by Gasteiger charge is -2.16. The largest absolute Gasteiger partial charge is 0.504 e.